The van der Waals surface area contributed by atoms with Crippen LogP contribution in [0.15, 0.2) is 30.3 Å². The van der Waals surface area contributed by atoms with Crippen LogP contribution in [0.4, 0.5) is 0 Å². The van der Waals surface area contributed by atoms with Gasteiger partial charge in [0.15, 0.2) is 0 Å². The highest BCUT2D eigenvalue weighted by molar-refractivity contribution is 5.79. The number of primary amides is 1. The van der Waals surface area contributed by atoms with Gasteiger partial charge in [-0.3, -0.25) is 9.59 Å². The largest absolute Gasteiger partial charge is 0.383 e. The standard InChI is InChI=1S/C19H26N2O4/c20-18(23)16-9-7-15(25-16)8-10-17(22)21-12-4-11-19(24,13-21)14-5-2-1-3-6-14/h1-3,5-6,15-16,24H,4,7-13H2,(H2,20,23)/t15-,16+,19?/m1/s1. The lowest BCUT2D eigenvalue weighted by Gasteiger charge is -2.39. The van der Waals surface area contributed by atoms with Crippen molar-refractivity contribution in [2.24, 2.45) is 5.73 Å². The van der Waals surface area contributed by atoms with E-state index in [0.717, 1.165) is 18.4 Å². The van der Waals surface area contributed by atoms with Crippen LogP contribution >= 0.6 is 0 Å². The number of ether oxygens (including phenoxy) is 1. The number of rotatable bonds is 5. The number of benzene rings is 1. The van der Waals surface area contributed by atoms with Gasteiger partial charge < -0.3 is 20.5 Å². The minimum absolute atomic E-state index is 0.0279. The van der Waals surface area contributed by atoms with Crippen LogP contribution in [-0.2, 0) is 19.9 Å². The van der Waals surface area contributed by atoms with Crippen LogP contribution < -0.4 is 5.73 Å². The van der Waals surface area contributed by atoms with Gasteiger partial charge >= 0.3 is 0 Å². The lowest BCUT2D eigenvalue weighted by atomic mass is 9.85. The lowest BCUT2D eigenvalue weighted by molar-refractivity contribution is -0.139. The van der Waals surface area contributed by atoms with Crippen molar-refractivity contribution in [3.8, 4) is 0 Å². The summed E-state index contributed by atoms with van der Waals surface area (Å²) in [5, 5.41) is 11.0. The number of hydrogen-bond acceptors (Lipinski definition) is 4. The number of likely N-dealkylation sites (tertiary alicyclic amines) is 1. The Hall–Kier alpha value is -1.92. The van der Waals surface area contributed by atoms with Crippen molar-refractivity contribution in [1.29, 1.82) is 0 Å². The number of β-amino-alcohol motifs (C(OH)–C–C–N with tert-alkyl or cyclic N) is 1. The Kier molecular flexibility index (Phi) is 5.39. The second kappa shape index (κ2) is 7.54. The van der Waals surface area contributed by atoms with Crippen molar-refractivity contribution in [2.75, 3.05) is 13.1 Å². The van der Waals surface area contributed by atoms with Crippen LogP contribution in [0.1, 0.15) is 44.1 Å². The SMILES string of the molecule is NC(=O)[C@@H]1CC[C@H](CCC(=O)N2CCCC(O)(c3ccccc3)C2)O1. The van der Waals surface area contributed by atoms with Crippen LogP contribution in [0.3, 0.4) is 0 Å². The first-order valence-electron chi connectivity index (χ1n) is 8.98. The molecule has 2 aliphatic rings. The summed E-state index contributed by atoms with van der Waals surface area (Å²) in [6.07, 6.45) is 3.18. The van der Waals surface area contributed by atoms with E-state index in [1.165, 1.54) is 0 Å². The van der Waals surface area contributed by atoms with Crippen LogP contribution in [0, 0.1) is 0 Å². The normalized spacial score (nSPS) is 29.6. The highest BCUT2D eigenvalue weighted by Crippen LogP contribution is 2.32. The highest BCUT2D eigenvalue weighted by atomic mass is 16.5. The maximum Gasteiger partial charge on any atom is 0.246 e. The molecule has 2 heterocycles. The Morgan fingerprint density at radius 1 is 1.28 bits per heavy atom. The van der Waals surface area contributed by atoms with Gasteiger partial charge in [0.2, 0.25) is 11.8 Å². The molecular formula is C19H26N2O4. The first kappa shape index (κ1) is 17.9. The molecule has 0 saturated carbocycles. The van der Waals surface area contributed by atoms with E-state index in [2.05, 4.69) is 0 Å². The zero-order valence-corrected chi connectivity index (χ0v) is 14.4. The van der Waals surface area contributed by atoms with E-state index in [9.17, 15) is 14.7 Å². The summed E-state index contributed by atoms with van der Waals surface area (Å²) in [5.74, 6) is -0.405. The first-order chi connectivity index (χ1) is 12.0. The van der Waals surface area contributed by atoms with Crippen LogP contribution in [-0.4, -0.2) is 47.1 Å². The van der Waals surface area contributed by atoms with Crippen molar-refractivity contribution >= 4 is 11.8 Å². The van der Waals surface area contributed by atoms with Crippen LogP contribution in [0.5, 0.6) is 0 Å². The Balaban J connectivity index is 1.53. The van der Waals surface area contributed by atoms with E-state index < -0.39 is 17.6 Å². The third-order valence-corrected chi connectivity index (χ3v) is 5.24. The monoisotopic (exact) mass is 346 g/mol. The molecule has 1 aromatic carbocycles. The van der Waals surface area contributed by atoms with Crippen molar-refractivity contribution in [3.63, 3.8) is 0 Å². The minimum atomic E-state index is -0.976. The molecule has 136 valence electrons. The van der Waals surface area contributed by atoms with Gasteiger partial charge in [-0.15, -0.1) is 0 Å². The molecular weight excluding hydrogens is 320 g/mol. The van der Waals surface area contributed by atoms with Crippen molar-refractivity contribution in [1.82, 2.24) is 4.90 Å². The van der Waals surface area contributed by atoms with E-state index in [1.54, 1.807) is 4.90 Å². The van der Waals surface area contributed by atoms with Gasteiger partial charge in [0.1, 0.15) is 11.7 Å². The molecule has 3 atom stereocenters. The Morgan fingerprint density at radius 2 is 2.04 bits per heavy atom. The third kappa shape index (κ3) is 4.19. The molecule has 2 aliphatic heterocycles. The second-order valence-electron chi connectivity index (χ2n) is 7.08. The summed E-state index contributed by atoms with van der Waals surface area (Å²) in [7, 11) is 0. The topological polar surface area (TPSA) is 92.9 Å². The summed E-state index contributed by atoms with van der Waals surface area (Å²) in [6.45, 7) is 0.995. The molecule has 25 heavy (non-hydrogen) atoms. The second-order valence-corrected chi connectivity index (χ2v) is 7.08. The van der Waals surface area contributed by atoms with E-state index in [-0.39, 0.29) is 12.0 Å². The molecule has 2 fully saturated rings. The van der Waals surface area contributed by atoms with E-state index in [0.29, 0.717) is 38.8 Å². The summed E-state index contributed by atoms with van der Waals surface area (Å²) in [5.41, 5.74) is 5.13. The summed E-state index contributed by atoms with van der Waals surface area (Å²) >= 11 is 0. The zero-order valence-electron chi connectivity index (χ0n) is 14.4. The highest BCUT2D eigenvalue weighted by Gasteiger charge is 2.37. The molecule has 0 radical (unpaired) electrons. The van der Waals surface area contributed by atoms with Gasteiger partial charge in [0.25, 0.3) is 0 Å². The number of hydrogen-bond donors (Lipinski definition) is 2. The number of carbonyl (C=O) groups excluding carboxylic acids is 2. The number of nitrogens with two attached hydrogens (primary N) is 1. The zero-order chi connectivity index (χ0) is 17.9. The summed E-state index contributed by atoms with van der Waals surface area (Å²) < 4.78 is 5.58. The Morgan fingerprint density at radius 3 is 2.72 bits per heavy atom. The number of nitrogens with zero attached hydrogens (tertiary/aromatic N) is 1. The smallest absolute Gasteiger partial charge is 0.246 e. The number of aliphatic hydroxyl groups is 1. The van der Waals surface area contributed by atoms with Gasteiger partial charge in [0.05, 0.1) is 12.6 Å². The van der Waals surface area contributed by atoms with E-state index in [1.807, 2.05) is 30.3 Å². The molecule has 2 saturated heterocycles. The number of piperidine rings is 1. The predicted octanol–water partition coefficient (Wildman–Crippen LogP) is 1.31. The summed E-state index contributed by atoms with van der Waals surface area (Å²) in [4.78, 5) is 25.4. The predicted molar refractivity (Wildman–Crippen MR) is 92.5 cm³/mol. The minimum Gasteiger partial charge on any atom is -0.383 e. The molecule has 1 unspecified atom stereocenters. The molecule has 6 heteroatoms. The number of carbonyl (C=O) groups is 2. The van der Waals surface area contributed by atoms with Gasteiger partial charge in [-0.25, -0.2) is 0 Å². The molecule has 0 spiro atoms. The quantitative estimate of drug-likeness (QED) is 0.841. The third-order valence-electron chi connectivity index (χ3n) is 5.24. The van der Waals surface area contributed by atoms with Crippen molar-refractivity contribution < 1.29 is 19.4 Å². The molecule has 1 aromatic rings. The van der Waals surface area contributed by atoms with Crippen LogP contribution in [0.25, 0.3) is 0 Å². The van der Waals surface area contributed by atoms with Gasteiger partial charge in [-0.05, 0) is 37.7 Å². The van der Waals surface area contributed by atoms with Crippen molar-refractivity contribution in [3.05, 3.63) is 35.9 Å². The maximum atomic E-state index is 12.6. The molecule has 2 amide bonds. The summed E-state index contributed by atoms with van der Waals surface area (Å²) in [6, 6.07) is 9.54. The van der Waals surface area contributed by atoms with Gasteiger partial charge in [0, 0.05) is 13.0 Å². The fourth-order valence-electron chi connectivity index (χ4n) is 3.80. The molecule has 0 bridgehead atoms. The van der Waals surface area contributed by atoms with E-state index in [4.69, 9.17) is 10.5 Å². The van der Waals surface area contributed by atoms with Crippen LogP contribution in [0.2, 0.25) is 0 Å². The first-order valence-corrected chi connectivity index (χ1v) is 8.98. The fourth-order valence-corrected chi connectivity index (χ4v) is 3.80. The average Bonchev–Trinajstić information content (AvgIpc) is 3.10. The van der Waals surface area contributed by atoms with Gasteiger partial charge in [-0.1, -0.05) is 30.3 Å². The molecule has 3 N–H and O–H groups in total. The maximum absolute atomic E-state index is 12.6. The number of amides is 2. The Labute approximate surface area is 147 Å². The molecule has 6 nitrogen and oxygen atoms in total. The average molecular weight is 346 g/mol. The molecule has 3 rings (SSSR count). The lowest BCUT2D eigenvalue weighted by Crippen LogP contribution is -2.48. The fraction of sp³-hybridized carbons (Fsp3) is 0.579. The molecule has 0 aliphatic carbocycles. The van der Waals surface area contributed by atoms with Crippen molar-refractivity contribution in [2.45, 2.75) is 56.3 Å². The van der Waals surface area contributed by atoms with E-state index >= 15 is 0 Å². The Bertz CT molecular complexity index is 621. The van der Waals surface area contributed by atoms with Gasteiger partial charge in [-0.2, -0.15) is 0 Å². The molecule has 0 aromatic heterocycles.